The number of nitrogens with two attached hydrogens (primary N) is 1. The molecule has 1 amide bonds. The summed E-state index contributed by atoms with van der Waals surface area (Å²) in [5, 5.41) is 23.7. The molecule has 3 aromatic rings. The van der Waals surface area contributed by atoms with Crippen LogP contribution >= 0.6 is 0 Å². The minimum absolute atomic E-state index is 0.116. The van der Waals surface area contributed by atoms with Crippen LogP contribution in [0.5, 0.6) is 0 Å². The molecule has 0 aliphatic rings. The first kappa shape index (κ1) is 20.9. The van der Waals surface area contributed by atoms with Gasteiger partial charge in [0.25, 0.3) is 0 Å². The van der Waals surface area contributed by atoms with Gasteiger partial charge < -0.3 is 31.0 Å². The number of carbonyl (C=O) groups excluding carboxylic acids is 1. The predicted molar refractivity (Wildman–Crippen MR) is 111 cm³/mol. The van der Waals surface area contributed by atoms with Gasteiger partial charge in [0.05, 0.1) is 12.6 Å². The summed E-state index contributed by atoms with van der Waals surface area (Å²) in [6.45, 7) is 1.44. The molecule has 0 aliphatic heterocycles. The van der Waals surface area contributed by atoms with Gasteiger partial charge in [-0.25, -0.2) is 4.79 Å². The first-order valence-corrected chi connectivity index (χ1v) is 9.54. The average molecular weight is 397 g/mol. The number of carbonyl (C=O) groups is 1. The molecule has 0 radical (unpaired) electrons. The van der Waals surface area contributed by atoms with E-state index >= 15 is 0 Å². The molecule has 7 heteroatoms. The summed E-state index contributed by atoms with van der Waals surface area (Å²) in [6, 6.07) is 15.8. The van der Waals surface area contributed by atoms with E-state index in [4.69, 9.17) is 10.5 Å². The second-order valence-corrected chi connectivity index (χ2v) is 7.37. The van der Waals surface area contributed by atoms with Crippen molar-refractivity contribution in [3.05, 3.63) is 71.9 Å². The standard InChI is InChI=1S/C22H27N3O4/c1-22(14-23,11-16-12-24-18-10-6-5-9-17(16)18)29-21(28)25-19(13-26)20(27)15-7-3-2-4-8-15/h2-10,12,19-20,24,26-27H,11,13-14,23H2,1H3,(H,25,28). The van der Waals surface area contributed by atoms with Crippen LogP contribution in [0, 0.1) is 0 Å². The van der Waals surface area contributed by atoms with Crippen molar-refractivity contribution in [2.75, 3.05) is 13.2 Å². The first-order valence-electron chi connectivity index (χ1n) is 9.54. The summed E-state index contributed by atoms with van der Waals surface area (Å²) in [5.74, 6) is 0. The molecule has 0 aliphatic carbocycles. The van der Waals surface area contributed by atoms with E-state index in [2.05, 4.69) is 10.3 Å². The summed E-state index contributed by atoms with van der Waals surface area (Å²) in [5.41, 5.74) is 7.54. The summed E-state index contributed by atoms with van der Waals surface area (Å²) in [4.78, 5) is 15.7. The van der Waals surface area contributed by atoms with Gasteiger partial charge in [-0.05, 0) is 24.1 Å². The average Bonchev–Trinajstić information content (AvgIpc) is 3.14. The maximum atomic E-state index is 12.5. The number of aromatic amines is 1. The van der Waals surface area contributed by atoms with Crippen LogP contribution in [-0.2, 0) is 11.2 Å². The van der Waals surface area contributed by atoms with Gasteiger partial charge in [0, 0.05) is 30.1 Å². The molecule has 0 fully saturated rings. The van der Waals surface area contributed by atoms with Crippen molar-refractivity contribution in [2.24, 2.45) is 5.73 Å². The van der Waals surface area contributed by atoms with Gasteiger partial charge in [0.2, 0.25) is 0 Å². The van der Waals surface area contributed by atoms with Crippen molar-refractivity contribution in [3.63, 3.8) is 0 Å². The van der Waals surface area contributed by atoms with E-state index in [0.29, 0.717) is 12.0 Å². The van der Waals surface area contributed by atoms with E-state index in [-0.39, 0.29) is 6.54 Å². The number of nitrogens with one attached hydrogen (secondary N) is 2. The van der Waals surface area contributed by atoms with Crippen LogP contribution in [0.25, 0.3) is 10.9 Å². The van der Waals surface area contributed by atoms with Gasteiger partial charge in [-0.3, -0.25) is 0 Å². The largest absolute Gasteiger partial charge is 0.442 e. The summed E-state index contributed by atoms with van der Waals surface area (Å²) < 4.78 is 5.62. The molecule has 3 rings (SSSR count). The minimum atomic E-state index is -1.06. The number of hydrogen-bond acceptors (Lipinski definition) is 5. The summed E-state index contributed by atoms with van der Waals surface area (Å²) in [7, 11) is 0. The molecule has 0 saturated heterocycles. The highest BCUT2D eigenvalue weighted by atomic mass is 16.6. The maximum Gasteiger partial charge on any atom is 0.408 e. The van der Waals surface area contributed by atoms with Crippen LogP contribution in [0.3, 0.4) is 0 Å². The molecule has 29 heavy (non-hydrogen) atoms. The van der Waals surface area contributed by atoms with Crippen LogP contribution in [0.1, 0.15) is 24.2 Å². The number of fused-ring (bicyclic) bond motifs is 1. The van der Waals surface area contributed by atoms with E-state index in [1.54, 1.807) is 31.2 Å². The Balaban J connectivity index is 1.68. The van der Waals surface area contributed by atoms with Crippen LogP contribution in [0.4, 0.5) is 4.79 Å². The monoisotopic (exact) mass is 397 g/mol. The van der Waals surface area contributed by atoms with E-state index < -0.39 is 30.4 Å². The number of para-hydroxylation sites is 1. The Morgan fingerprint density at radius 3 is 2.59 bits per heavy atom. The van der Waals surface area contributed by atoms with Crippen LogP contribution in [0.2, 0.25) is 0 Å². The summed E-state index contributed by atoms with van der Waals surface area (Å²) >= 11 is 0. The molecule has 7 nitrogen and oxygen atoms in total. The Bertz CT molecular complexity index is 943. The van der Waals surface area contributed by atoms with Crippen molar-refractivity contribution < 1.29 is 19.7 Å². The number of alkyl carbamates (subject to hydrolysis) is 1. The molecular weight excluding hydrogens is 370 g/mol. The Kier molecular flexibility index (Phi) is 6.53. The SMILES string of the molecule is CC(CN)(Cc1c[nH]c2ccccc12)OC(=O)NC(CO)C(O)c1ccccc1. The lowest BCUT2D eigenvalue weighted by Gasteiger charge is -2.30. The maximum absolute atomic E-state index is 12.5. The Hall–Kier alpha value is -2.87. The lowest BCUT2D eigenvalue weighted by molar-refractivity contribution is 0.0193. The number of rotatable bonds is 8. The molecule has 6 N–H and O–H groups in total. The van der Waals surface area contributed by atoms with Crippen molar-refractivity contribution in [1.82, 2.24) is 10.3 Å². The molecule has 1 aromatic heterocycles. The molecule has 0 bridgehead atoms. The lowest BCUT2D eigenvalue weighted by atomic mass is 9.96. The number of aliphatic hydroxyl groups is 2. The highest BCUT2D eigenvalue weighted by Crippen LogP contribution is 2.24. The fourth-order valence-corrected chi connectivity index (χ4v) is 3.34. The van der Waals surface area contributed by atoms with Crippen molar-refractivity contribution in [3.8, 4) is 0 Å². The number of aliphatic hydroxyl groups excluding tert-OH is 2. The highest BCUT2D eigenvalue weighted by molar-refractivity contribution is 5.83. The van der Waals surface area contributed by atoms with E-state index in [0.717, 1.165) is 16.5 Å². The first-order chi connectivity index (χ1) is 14.0. The van der Waals surface area contributed by atoms with Crippen molar-refractivity contribution >= 4 is 17.0 Å². The molecule has 0 saturated carbocycles. The van der Waals surface area contributed by atoms with Crippen LogP contribution in [0.15, 0.2) is 60.8 Å². The van der Waals surface area contributed by atoms with Gasteiger partial charge in [0.1, 0.15) is 11.7 Å². The lowest BCUT2D eigenvalue weighted by Crippen LogP contribution is -2.48. The Morgan fingerprint density at radius 1 is 1.21 bits per heavy atom. The van der Waals surface area contributed by atoms with Gasteiger partial charge in [-0.1, -0.05) is 48.5 Å². The summed E-state index contributed by atoms with van der Waals surface area (Å²) in [6.07, 6.45) is 0.500. The third-order valence-corrected chi connectivity index (χ3v) is 5.03. The second kappa shape index (κ2) is 9.09. The number of aromatic nitrogens is 1. The van der Waals surface area contributed by atoms with E-state index in [1.807, 2.05) is 36.5 Å². The quantitative estimate of drug-likeness (QED) is 0.399. The fourth-order valence-electron chi connectivity index (χ4n) is 3.34. The van der Waals surface area contributed by atoms with Gasteiger partial charge in [-0.15, -0.1) is 0 Å². The molecule has 154 valence electrons. The molecule has 2 aromatic carbocycles. The van der Waals surface area contributed by atoms with Crippen molar-refractivity contribution in [2.45, 2.75) is 31.1 Å². The van der Waals surface area contributed by atoms with Gasteiger partial charge in [-0.2, -0.15) is 0 Å². The molecule has 1 heterocycles. The number of H-pyrrole nitrogens is 1. The van der Waals surface area contributed by atoms with Crippen molar-refractivity contribution in [1.29, 1.82) is 0 Å². The van der Waals surface area contributed by atoms with Gasteiger partial charge in [0.15, 0.2) is 0 Å². The smallest absolute Gasteiger partial charge is 0.408 e. The van der Waals surface area contributed by atoms with E-state index in [1.165, 1.54) is 0 Å². The number of ether oxygens (including phenoxy) is 1. The molecule has 3 unspecified atom stereocenters. The zero-order valence-electron chi connectivity index (χ0n) is 16.3. The number of benzene rings is 2. The zero-order valence-corrected chi connectivity index (χ0v) is 16.3. The third-order valence-electron chi connectivity index (χ3n) is 5.03. The number of hydrogen-bond donors (Lipinski definition) is 5. The minimum Gasteiger partial charge on any atom is -0.442 e. The predicted octanol–water partition coefficient (Wildman–Crippen LogP) is 2.25. The Morgan fingerprint density at radius 2 is 1.90 bits per heavy atom. The molecule has 0 spiro atoms. The topological polar surface area (TPSA) is 121 Å². The highest BCUT2D eigenvalue weighted by Gasteiger charge is 2.31. The normalized spacial score (nSPS) is 15.4. The van der Waals surface area contributed by atoms with Crippen LogP contribution in [-0.4, -0.2) is 46.1 Å². The zero-order chi connectivity index (χ0) is 20.9. The molecular formula is C22H27N3O4. The third kappa shape index (κ3) is 4.95. The van der Waals surface area contributed by atoms with Crippen LogP contribution < -0.4 is 11.1 Å². The fraction of sp³-hybridized carbons (Fsp3) is 0.318. The van der Waals surface area contributed by atoms with Gasteiger partial charge >= 0.3 is 6.09 Å². The number of amides is 1. The second-order valence-electron chi connectivity index (χ2n) is 7.37. The van der Waals surface area contributed by atoms with E-state index in [9.17, 15) is 15.0 Å². The molecule has 3 atom stereocenters. The Labute approximate surface area is 169 Å².